The molecule has 2 amide bonds. The van der Waals surface area contributed by atoms with Gasteiger partial charge in [-0.05, 0) is 52.6 Å². The van der Waals surface area contributed by atoms with Crippen LogP contribution in [-0.4, -0.2) is 63.9 Å². The van der Waals surface area contributed by atoms with E-state index < -0.39 is 5.54 Å². The number of nitrogens with one attached hydrogen (secondary N) is 1. The van der Waals surface area contributed by atoms with Crippen LogP contribution < -0.4 is 5.32 Å². The first-order valence-corrected chi connectivity index (χ1v) is 14.4. The van der Waals surface area contributed by atoms with Gasteiger partial charge in [-0.2, -0.15) is 0 Å². The van der Waals surface area contributed by atoms with Crippen molar-refractivity contribution in [3.63, 3.8) is 0 Å². The van der Waals surface area contributed by atoms with Gasteiger partial charge in [0, 0.05) is 30.8 Å². The maximum absolute atomic E-state index is 13.9. The molecule has 1 atom stereocenters. The molecule has 0 bridgehead atoms. The Hall–Kier alpha value is -2.28. The van der Waals surface area contributed by atoms with Crippen molar-refractivity contribution in [2.24, 2.45) is 0 Å². The van der Waals surface area contributed by atoms with E-state index in [1.54, 1.807) is 6.26 Å². The molecular weight excluding hydrogens is 452 g/mol. The third-order valence-electron chi connectivity index (χ3n) is 9.07. The molecule has 3 heterocycles. The Labute approximate surface area is 215 Å². The molecule has 5 rings (SSSR count). The smallest absolute Gasteiger partial charge is 0.271 e. The van der Waals surface area contributed by atoms with Crippen LogP contribution in [0.3, 0.4) is 0 Å². The van der Waals surface area contributed by atoms with E-state index in [-0.39, 0.29) is 17.9 Å². The van der Waals surface area contributed by atoms with Gasteiger partial charge in [0.1, 0.15) is 11.2 Å². The van der Waals surface area contributed by atoms with Gasteiger partial charge in [0.2, 0.25) is 5.91 Å². The van der Waals surface area contributed by atoms with Gasteiger partial charge in [0.25, 0.3) is 5.91 Å². The summed E-state index contributed by atoms with van der Waals surface area (Å²) in [5.74, 6) is -0.0821. The lowest BCUT2D eigenvalue weighted by Crippen LogP contribution is -2.65. The van der Waals surface area contributed by atoms with E-state index >= 15 is 0 Å². The molecule has 0 aromatic carbocycles. The highest BCUT2D eigenvalue weighted by molar-refractivity contribution is 6.02. The zero-order chi connectivity index (χ0) is 25.1. The highest BCUT2D eigenvalue weighted by atomic mass is 16.3. The minimum Gasteiger partial charge on any atom is -0.463 e. The van der Waals surface area contributed by atoms with Gasteiger partial charge in [-0.15, -0.1) is 0 Å². The average molecular weight is 497 g/mol. The van der Waals surface area contributed by atoms with E-state index in [0.717, 1.165) is 44.2 Å². The average Bonchev–Trinajstić information content (AvgIpc) is 3.45. The molecule has 2 fully saturated rings. The van der Waals surface area contributed by atoms with Crippen LogP contribution in [0.1, 0.15) is 101 Å². The summed E-state index contributed by atoms with van der Waals surface area (Å²) in [4.78, 5) is 32.1. The van der Waals surface area contributed by atoms with Crippen molar-refractivity contribution in [2.45, 2.75) is 115 Å². The first kappa shape index (κ1) is 25.4. The van der Waals surface area contributed by atoms with Crippen LogP contribution in [0.5, 0.6) is 0 Å². The van der Waals surface area contributed by atoms with E-state index in [2.05, 4.69) is 17.3 Å². The number of carbonyl (C=O) groups is 2. The molecule has 0 saturated heterocycles. The molecule has 0 radical (unpaired) electrons. The van der Waals surface area contributed by atoms with Gasteiger partial charge in [-0.1, -0.05) is 51.4 Å². The molecule has 2 aliphatic carbocycles. The van der Waals surface area contributed by atoms with Crippen LogP contribution in [0.4, 0.5) is 0 Å². The Kier molecular flexibility index (Phi) is 7.75. The molecule has 2 saturated carbocycles. The van der Waals surface area contributed by atoms with Crippen molar-refractivity contribution in [1.82, 2.24) is 19.7 Å². The lowest BCUT2D eigenvalue weighted by molar-refractivity contribution is -0.133. The first-order chi connectivity index (χ1) is 17.5. The highest BCUT2D eigenvalue weighted by Gasteiger charge is 2.48. The fraction of sp³-hybridized carbons (Fsp3) is 0.724. The lowest BCUT2D eigenvalue weighted by atomic mass is 9.91. The van der Waals surface area contributed by atoms with Crippen molar-refractivity contribution in [3.05, 3.63) is 24.1 Å². The molecule has 1 aliphatic heterocycles. The van der Waals surface area contributed by atoms with Crippen molar-refractivity contribution < 1.29 is 14.0 Å². The number of hydrogen-bond acceptors (Lipinski definition) is 4. The molecule has 2 aromatic heterocycles. The molecule has 36 heavy (non-hydrogen) atoms. The molecule has 7 nitrogen and oxygen atoms in total. The predicted molar refractivity (Wildman–Crippen MR) is 142 cm³/mol. The topological polar surface area (TPSA) is 70.7 Å². The second-order valence-corrected chi connectivity index (χ2v) is 11.7. The number of furan rings is 1. The molecule has 0 unspecified atom stereocenters. The van der Waals surface area contributed by atoms with E-state index in [0.29, 0.717) is 30.4 Å². The number of aromatic nitrogens is 1. The van der Waals surface area contributed by atoms with Gasteiger partial charge >= 0.3 is 0 Å². The zero-order valence-corrected chi connectivity index (χ0v) is 22.3. The molecular formula is C29H44N4O3. The summed E-state index contributed by atoms with van der Waals surface area (Å²) in [6, 6.07) is 4.58. The molecule has 3 aliphatic rings. The number of hydrogen-bond donors (Lipinski definition) is 1. The van der Waals surface area contributed by atoms with Crippen LogP contribution in [0, 0.1) is 0 Å². The Morgan fingerprint density at radius 3 is 2.50 bits per heavy atom. The third-order valence-corrected chi connectivity index (χ3v) is 9.07. The normalized spacial score (nSPS) is 24.6. The minimum atomic E-state index is -0.931. The second-order valence-electron chi connectivity index (χ2n) is 11.7. The van der Waals surface area contributed by atoms with Crippen LogP contribution in [0.2, 0.25) is 0 Å². The van der Waals surface area contributed by atoms with Gasteiger partial charge in [-0.25, -0.2) is 0 Å². The van der Waals surface area contributed by atoms with Gasteiger partial charge < -0.3 is 24.1 Å². The highest BCUT2D eigenvalue weighted by Crippen LogP contribution is 2.33. The fourth-order valence-electron chi connectivity index (χ4n) is 6.75. The summed E-state index contributed by atoms with van der Waals surface area (Å²) < 4.78 is 7.60. The summed E-state index contributed by atoms with van der Waals surface area (Å²) in [6.45, 7) is 3.94. The minimum absolute atomic E-state index is 0.0157. The van der Waals surface area contributed by atoms with E-state index in [4.69, 9.17) is 4.42 Å². The number of amides is 2. The fourth-order valence-corrected chi connectivity index (χ4v) is 6.75. The van der Waals surface area contributed by atoms with Crippen molar-refractivity contribution in [2.75, 3.05) is 20.1 Å². The SMILES string of the molecule is CN(CCCN1C(=O)c2cc3occc3n2C[C@@]1(C)C(=O)NC1CCCCCCC1)C1CCCCC1. The zero-order valence-electron chi connectivity index (χ0n) is 22.3. The number of nitrogens with zero attached hydrogens (tertiary/aromatic N) is 3. The largest absolute Gasteiger partial charge is 0.463 e. The van der Waals surface area contributed by atoms with Crippen LogP contribution in [0.15, 0.2) is 22.8 Å². The number of carbonyl (C=O) groups excluding carboxylic acids is 2. The van der Waals surface area contributed by atoms with Crippen LogP contribution in [-0.2, 0) is 11.3 Å². The molecule has 0 spiro atoms. The van der Waals surface area contributed by atoms with Gasteiger partial charge in [0.15, 0.2) is 5.58 Å². The Bertz CT molecular complexity index is 1040. The second kappa shape index (κ2) is 11.0. The Morgan fingerprint density at radius 1 is 1.08 bits per heavy atom. The number of fused-ring (bicyclic) bond motifs is 3. The van der Waals surface area contributed by atoms with E-state index in [9.17, 15) is 9.59 Å². The van der Waals surface area contributed by atoms with E-state index in [1.807, 2.05) is 28.5 Å². The van der Waals surface area contributed by atoms with Crippen LogP contribution in [0.25, 0.3) is 11.1 Å². The first-order valence-electron chi connectivity index (χ1n) is 14.4. The maximum atomic E-state index is 13.9. The Morgan fingerprint density at radius 2 is 1.75 bits per heavy atom. The van der Waals surface area contributed by atoms with Crippen molar-refractivity contribution in [3.8, 4) is 0 Å². The van der Waals surface area contributed by atoms with E-state index in [1.165, 1.54) is 51.4 Å². The van der Waals surface area contributed by atoms with Gasteiger partial charge in [0.05, 0.1) is 18.3 Å². The summed E-state index contributed by atoms with van der Waals surface area (Å²) in [6.07, 6.45) is 17.2. The lowest BCUT2D eigenvalue weighted by Gasteiger charge is -2.45. The summed E-state index contributed by atoms with van der Waals surface area (Å²) in [5.41, 5.74) is 1.29. The summed E-state index contributed by atoms with van der Waals surface area (Å²) in [7, 11) is 2.22. The molecule has 2 aromatic rings. The summed E-state index contributed by atoms with van der Waals surface area (Å²) >= 11 is 0. The quantitative estimate of drug-likeness (QED) is 0.562. The van der Waals surface area contributed by atoms with Crippen molar-refractivity contribution in [1.29, 1.82) is 0 Å². The predicted octanol–water partition coefficient (Wildman–Crippen LogP) is 5.33. The maximum Gasteiger partial charge on any atom is 0.271 e. The standard InChI is InChI=1S/C29H44N4O3/c1-29(28(35)30-22-12-7-4-3-5-8-13-22)21-32-24-16-19-36-26(24)20-25(32)27(34)33(29)18-11-17-31(2)23-14-9-6-10-15-23/h16,19-20,22-23H,3-15,17-18,21H2,1-2H3,(H,30,35)/t29-/m0/s1. The molecule has 7 heteroatoms. The van der Waals surface area contributed by atoms with Gasteiger partial charge in [-0.3, -0.25) is 9.59 Å². The Balaban J connectivity index is 1.34. The van der Waals surface area contributed by atoms with Crippen LogP contribution >= 0.6 is 0 Å². The molecule has 1 N–H and O–H groups in total. The monoisotopic (exact) mass is 496 g/mol. The number of rotatable bonds is 7. The third kappa shape index (κ3) is 5.09. The molecule has 198 valence electrons. The summed E-state index contributed by atoms with van der Waals surface area (Å²) in [5, 5.41) is 3.38. The van der Waals surface area contributed by atoms with Crippen molar-refractivity contribution >= 4 is 22.9 Å².